The first-order valence-electron chi connectivity index (χ1n) is 7.64. The summed E-state index contributed by atoms with van der Waals surface area (Å²) in [5.41, 5.74) is 2.25. The zero-order valence-electron chi connectivity index (χ0n) is 12.4. The molecule has 2 aromatic rings. The number of nitrogens with zero attached hydrogens (tertiary/aromatic N) is 3. The minimum atomic E-state index is 0.444. The number of likely N-dealkylation sites (tertiary alicyclic amines) is 1. The number of nitrogens with one attached hydrogen (secondary N) is 1. The zero-order chi connectivity index (χ0) is 13.9. The summed E-state index contributed by atoms with van der Waals surface area (Å²) in [4.78, 5) is 7.26. The van der Waals surface area contributed by atoms with Gasteiger partial charge in [0.1, 0.15) is 5.65 Å². The van der Waals surface area contributed by atoms with Crippen LogP contribution in [0.2, 0.25) is 0 Å². The minimum absolute atomic E-state index is 0.444. The number of aromatic nitrogens is 2. The van der Waals surface area contributed by atoms with Gasteiger partial charge in [-0.05, 0) is 57.6 Å². The second-order valence-electron chi connectivity index (χ2n) is 5.81. The topological polar surface area (TPSA) is 32.6 Å². The Kier molecular flexibility index (Phi) is 4.03. The van der Waals surface area contributed by atoms with Crippen molar-refractivity contribution in [1.82, 2.24) is 19.6 Å². The highest BCUT2D eigenvalue weighted by Gasteiger charge is 2.34. The molecule has 20 heavy (non-hydrogen) atoms. The summed E-state index contributed by atoms with van der Waals surface area (Å²) in [6.07, 6.45) is 6.72. The van der Waals surface area contributed by atoms with E-state index in [1.165, 1.54) is 18.5 Å². The summed E-state index contributed by atoms with van der Waals surface area (Å²) >= 11 is 0. The molecule has 3 rings (SSSR count). The van der Waals surface area contributed by atoms with Gasteiger partial charge in [-0.2, -0.15) is 0 Å². The van der Waals surface area contributed by atoms with E-state index < -0.39 is 0 Å². The van der Waals surface area contributed by atoms with Crippen molar-refractivity contribution in [3.05, 3.63) is 36.3 Å². The number of pyridine rings is 1. The quantitative estimate of drug-likeness (QED) is 0.848. The van der Waals surface area contributed by atoms with Crippen molar-refractivity contribution in [2.75, 3.05) is 26.7 Å². The highest BCUT2D eigenvalue weighted by Crippen LogP contribution is 2.35. The van der Waals surface area contributed by atoms with Gasteiger partial charge in [-0.15, -0.1) is 0 Å². The van der Waals surface area contributed by atoms with Crippen molar-refractivity contribution < 1.29 is 0 Å². The van der Waals surface area contributed by atoms with E-state index in [1.807, 2.05) is 6.07 Å². The molecule has 4 heteroatoms. The predicted molar refractivity (Wildman–Crippen MR) is 81.8 cm³/mol. The maximum atomic E-state index is 4.82. The fourth-order valence-electron chi connectivity index (χ4n) is 3.27. The maximum Gasteiger partial charge on any atom is 0.137 e. The van der Waals surface area contributed by atoms with Gasteiger partial charge in [0.2, 0.25) is 0 Å². The van der Waals surface area contributed by atoms with Crippen LogP contribution in [0.3, 0.4) is 0 Å². The normalized spacial score (nSPS) is 23.7. The van der Waals surface area contributed by atoms with Crippen LogP contribution < -0.4 is 5.32 Å². The van der Waals surface area contributed by atoms with E-state index in [0.717, 1.165) is 25.3 Å². The van der Waals surface area contributed by atoms with Gasteiger partial charge >= 0.3 is 0 Å². The summed E-state index contributed by atoms with van der Waals surface area (Å²) in [5, 5.41) is 3.57. The van der Waals surface area contributed by atoms with E-state index >= 15 is 0 Å². The minimum Gasteiger partial charge on any atom is -0.316 e. The van der Waals surface area contributed by atoms with Crippen LogP contribution in [0.5, 0.6) is 0 Å². The van der Waals surface area contributed by atoms with Crippen LogP contribution in [-0.2, 0) is 0 Å². The summed E-state index contributed by atoms with van der Waals surface area (Å²) in [6.45, 7) is 5.58. The second kappa shape index (κ2) is 5.94. The third-order valence-corrected chi connectivity index (χ3v) is 4.29. The van der Waals surface area contributed by atoms with Crippen molar-refractivity contribution >= 4 is 5.65 Å². The fourth-order valence-corrected chi connectivity index (χ4v) is 3.27. The first kappa shape index (κ1) is 13.6. The van der Waals surface area contributed by atoms with Crippen LogP contribution in [0.1, 0.15) is 31.5 Å². The van der Waals surface area contributed by atoms with Crippen LogP contribution in [0.25, 0.3) is 5.65 Å². The molecule has 4 nitrogen and oxygen atoms in total. The molecule has 0 radical (unpaired) electrons. The summed E-state index contributed by atoms with van der Waals surface area (Å²) in [7, 11) is 2.22. The highest BCUT2D eigenvalue weighted by molar-refractivity contribution is 5.40. The molecule has 0 aliphatic carbocycles. The van der Waals surface area contributed by atoms with Crippen LogP contribution in [0, 0.1) is 5.92 Å². The first-order valence-corrected chi connectivity index (χ1v) is 7.64. The molecule has 0 bridgehead atoms. The molecule has 1 aliphatic rings. The molecule has 0 aromatic carbocycles. The fraction of sp³-hybridized carbons (Fsp3) is 0.562. The Bertz CT molecular complexity index is 529. The van der Waals surface area contributed by atoms with E-state index in [-0.39, 0.29) is 0 Å². The Morgan fingerprint density at radius 1 is 1.40 bits per heavy atom. The molecule has 1 N–H and O–H groups in total. The lowest BCUT2D eigenvalue weighted by Crippen LogP contribution is -2.29. The molecule has 0 amide bonds. The SMILES string of the molecule is CCCNCC1CCN(C)C1c1cn2ccccc2n1. The first-order chi connectivity index (χ1) is 9.79. The lowest BCUT2D eigenvalue weighted by Gasteiger charge is -2.23. The van der Waals surface area contributed by atoms with Gasteiger partial charge in [-0.25, -0.2) is 4.98 Å². The van der Waals surface area contributed by atoms with Gasteiger partial charge in [0, 0.05) is 12.4 Å². The average molecular weight is 272 g/mol. The summed E-state index contributed by atoms with van der Waals surface area (Å²) in [5.74, 6) is 0.663. The predicted octanol–water partition coefficient (Wildman–Crippen LogP) is 2.33. The number of fused-ring (bicyclic) bond motifs is 1. The molecule has 3 heterocycles. The molecule has 1 saturated heterocycles. The van der Waals surface area contributed by atoms with Gasteiger partial charge in [0.05, 0.1) is 11.7 Å². The largest absolute Gasteiger partial charge is 0.316 e. The van der Waals surface area contributed by atoms with Gasteiger partial charge < -0.3 is 9.72 Å². The average Bonchev–Trinajstić information content (AvgIpc) is 3.02. The molecule has 2 atom stereocenters. The Labute approximate surface area is 120 Å². The van der Waals surface area contributed by atoms with Crippen LogP contribution in [0.4, 0.5) is 0 Å². The number of hydrogen-bond donors (Lipinski definition) is 1. The van der Waals surface area contributed by atoms with Crippen LogP contribution >= 0.6 is 0 Å². The monoisotopic (exact) mass is 272 g/mol. The molecular formula is C16H24N4. The Morgan fingerprint density at radius 3 is 3.10 bits per heavy atom. The zero-order valence-corrected chi connectivity index (χ0v) is 12.4. The maximum absolute atomic E-state index is 4.82. The molecule has 2 unspecified atom stereocenters. The van der Waals surface area contributed by atoms with Gasteiger partial charge in [-0.1, -0.05) is 13.0 Å². The molecule has 1 fully saturated rings. The number of imidazole rings is 1. The third-order valence-electron chi connectivity index (χ3n) is 4.29. The van der Waals surface area contributed by atoms with Crippen LogP contribution in [0.15, 0.2) is 30.6 Å². The second-order valence-corrected chi connectivity index (χ2v) is 5.81. The van der Waals surface area contributed by atoms with E-state index in [0.29, 0.717) is 12.0 Å². The molecule has 108 valence electrons. The Balaban J connectivity index is 1.81. The third kappa shape index (κ3) is 2.58. The van der Waals surface area contributed by atoms with Crippen molar-refractivity contribution in [2.24, 2.45) is 5.92 Å². The molecular weight excluding hydrogens is 248 g/mol. The standard InChI is InChI=1S/C16H24N4/c1-3-8-17-11-13-7-10-19(2)16(13)14-12-20-9-5-4-6-15(20)18-14/h4-6,9,12-13,16-17H,3,7-8,10-11H2,1-2H3. The molecule has 2 aromatic heterocycles. The Morgan fingerprint density at radius 2 is 2.30 bits per heavy atom. The van der Waals surface area contributed by atoms with E-state index in [4.69, 9.17) is 4.98 Å². The van der Waals surface area contributed by atoms with Crippen molar-refractivity contribution in [3.8, 4) is 0 Å². The lowest BCUT2D eigenvalue weighted by atomic mass is 9.98. The van der Waals surface area contributed by atoms with Gasteiger partial charge in [0.15, 0.2) is 0 Å². The summed E-state index contributed by atoms with van der Waals surface area (Å²) in [6, 6.07) is 6.62. The van der Waals surface area contributed by atoms with Gasteiger partial charge in [-0.3, -0.25) is 4.90 Å². The Hall–Kier alpha value is -1.39. The smallest absolute Gasteiger partial charge is 0.137 e. The number of rotatable bonds is 5. The van der Waals surface area contributed by atoms with E-state index in [9.17, 15) is 0 Å². The molecule has 0 spiro atoms. The summed E-state index contributed by atoms with van der Waals surface area (Å²) < 4.78 is 2.12. The van der Waals surface area contributed by atoms with Crippen molar-refractivity contribution in [2.45, 2.75) is 25.8 Å². The molecule has 1 aliphatic heterocycles. The highest BCUT2D eigenvalue weighted by atomic mass is 15.2. The number of hydrogen-bond acceptors (Lipinski definition) is 3. The van der Waals surface area contributed by atoms with Crippen molar-refractivity contribution in [3.63, 3.8) is 0 Å². The van der Waals surface area contributed by atoms with Crippen LogP contribution in [-0.4, -0.2) is 41.0 Å². The van der Waals surface area contributed by atoms with Gasteiger partial charge in [0.25, 0.3) is 0 Å². The van der Waals surface area contributed by atoms with E-state index in [1.54, 1.807) is 0 Å². The van der Waals surface area contributed by atoms with E-state index in [2.05, 4.69) is 53.1 Å². The molecule has 0 saturated carbocycles. The van der Waals surface area contributed by atoms with Crippen molar-refractivity contribution in [1.29, 1.82) is 0 Å². The lowest BCUT2D eigenvalue weighted by molar-refractivity contribution is 0.267.